The van der Waals surface area contributed by atoms with Crippen LogP contribution < -0.4 is 4.74 Å². The van der Waals surface area contributed by atoms with Gasteiger partial charge in [-0.3, -0.25) is 4.79 Å². The van der Waals surface area contributed by atoms with Crippen LogP contribution in [0.5, 0.6) is 5.75 Å². The van der Waals surface area contributed by atoms with E-state index >= 15 is 4.39 Å². The van der Waals surface area contributed by atoms with Gasteiger partial charge in [0.15, 0.2) is 11.6 Å². The van der Waals surface area contributed by atoms with Crippen molar-refractivity contribution in [1.29, 1.82) is 0 Å². The Hall–Kier alpha value is -2.16. The molecule has 0 N–H and O–H groups in total. The Morgan fingerprint density at radius 1 is 0.800 bits per heavy atom. The van der Waals surface area contributed by atoms with E-state index in [4.69, 9.17) is 4.74 Å². The maximum atomic E-state index is 15.2. The zero-order valence-electron chi connectivity index (χ0n) is 25.1. The van der Waals surface area contributed by atoms with Crippen LogP contribution in [0.15, 0.2) is 42.5 Å². The molecule has 0 heterocycles. The van der Waals surface area contributed by atoms with Gasteiger partial charge >= 0.3 is 5.97 Å². The molecule has 6 rings (SSSR count). The van der Waals surface area contributed by atoms with Gasteiger partial charge in [-0.1, -0.05) is 89.1 Å². The van der Waals surface area contributed by atoms with Gasteiger partial charge in [-0.25, -0.2) is 4.39 Å². The number of hydrogen-bond donors (Lipinski definition) is 0. The molecule has 3 heteroatoms. The van der Waals surface area contributed by atoms with Crippen molar-refractivity contribution in [1.82, 2.24) is 0 Å². The van der Waals surface area contributed by atoms with Crippen molar-refractivity contribution in [2.45, 2.75) is 135 Å². The third kappa shape index (κ3) is 6.66. The summed E-state index contributed by atoms with van der Waals surface area (Å²) in [6.07, 6.45) is 21.9. The predicted octanol–water partition coefficient (Wildman–Crippen LogP) is 11.2. The quantitative estimate of drug-likeness (QED) is 0.150. The molecule has 40 heavy (non-hydrogen) atoms. The number of ether oxygens (including phenoxy) is 1. The Balaban J connectivity index is 1.15. The van der Waals surface area contributed by atoms with Crippen molar-refractivity contribution in [3.05, 3.63) is 53.8 Å². The van der Waals surface area contributed by atoms with Crippen LogP contribution in [-0.4, -0.2) is 5.97 Å². The number of benzene rings is 2. The third-order valence-corrected chi connectivity index (χ3v) is 11.1. The normalized spacial score (nSPS) is 28.0. The standard InChI is InChI=1S/C37H51FO2/c1-3-5-7-9-28-10-12-29(13-11-28)30-14-16-31(17-15-30)32-18-19-34(33(38)27-32)40-35(39)37-24-21-36(22-25-37,23-26-37)20-8-6-4-2/h14-19,27-29H,3-13,20-26H2,1-2H3. The highest BCUT2D eigenvalue weighted by molar-refractivity contribution is 5.80. The van der Waals surface area contributed by atoms with Gasteiger partial charge < -0.3 is 4.74 Å². The summed E-state index contributed by atoms with van der Waals surface area (Å²) in [7, 11) is 0. The number of unbranched alkanes of at least 4 members (excludes halogenated alkanes) is 4. The van der Waals surface area contributed by atoms with Crippen molar-refractivity contribution < 1.29 is 13.9 Å². The Kier molecular flexibility index (Phi) is 9.69. The first-order chi connectivity index (χ1) is 19.5. The van der Waals surface area contributed by atoms with Crippen LogP contribution >= 0.6 is 0 Å². The fraction of sp³-hybridized carbons (Fsp3) is 0.649. The van der Waals surface area contributed by atoms with E-state index in [0.717, 1.165) is 55.6 Å². The molecule has 0 unspecified atom stereocenters. The second-order valence-corrected chi connectivity index (χ2v) is 13.6. The summed E-state index contributed by atoms with van der Waals surface area (Å²) in [5.74, 6) is 0.965. The van der Waals surface area contributed by atoms with Gasteiger partial charge in [0.25, 0.3) is 0 Å². The van der Waals surface area contributed by atoms with Crippen molar-refractivity contribution >= 4 is 5.97 Å². The molecule has 0 radical (unpaired) electrons. The molecule has 2 nitrogen and oxygen atoms in total. The Bertz CT molecular complexity index is 1090. The number of carbonyl (C=O) groups excluding carboxylic acids is 1. The van der Waals surface area contributed by atoms with Crippen LogP contribution in [0, 0.1) is 22.6 Å². The number of carbonyl (C=O) groups is 1. The van der Waals surface area contributed by atoms with Gasteiger partial charge in [0.2, 0.25) is 0 Å². The Morgan fingerprint density at radius 2 is 1.43 bits per heavy atom. The first-order valence-electron chi connectivity index (χ1n) is 16.6. The second kappa shape index (κ2) is 13.2. The lowest BCUT2D eigenvalue weighted by molar-refractivity contribution is -0.156. The maximum Gasteiger partial charge on any atom is 0.317 e. The zero-order valence-corrected chi connectivity index (χ0v) is 25.1. The fourth-order valence-electron chi connectivity index (χ4n) is 8.08. The number of halogens is 1. The number of rotatable bonds is 12. The van der Waals surface area contributed by atoms with Gasteiger partial charge in [-0.05, 0) is 117 Å². The van der Waals surface area contributed by atoms with Crippen molar-refractivity contribution in [3.63, 3.8) is 0 Å². The minimum atomic E-state index is -0.451. The monoisotopic (exact) mass is 546 g/mol. The number of fused-ring (bicyclic) bond motifs is 3. The average Bonchev–Trinajstić information content (AvgIpc) is 3.00. The van der Waals surface area contributed by atoms with Gasteiger partial charge in [0, 0.05) is 0 Å². The van der Waals surface area contributed by atoms with E-state index in [0.29, 0.717) is 11.3 Å². The summed E-state index contributed by atoms with van der Waals surface area (Å²) in [5.41, 5.74) is 3.27. The maximum absolute atomic E-state index is 15.2. The second-order valence-electron chi connectivity index (χ2n) is 13.6. The summed E-state index contributed by atoms with van der Waals surface area (Å²) in [6, 6.07) is 13.8. The zero-order chi connectivity index (χ0) is 28.0. The largest absolute Gasteiger partial charge is 0.423 e. The number of esters is 1. The van der Waals surface area contributed by atoms with E-state index in [1.807, 2.05) is 6.07 Å². The first kappa shape index (κ1) is 29.3. The molecule has 0 spiro atoms. The smallest absolute Gasteiger partial charge is 0.317 e. The fourth-order valence-corrected chi connectivity index (χ4v) is 8.08. The molecule has 2 aromatic rings. The summed E-state index contributed by atoms with van der Waals surface area (Å²) in [6.45, 7) is 4.53. The van der Waals surface area contributed by atoms with Crippen LogP contribution in [0.2, 0.25) is 0 Å². The molecular formula is C37H51FO2. The molecule has 2 bridgehead atoms. The average molecular weight is 547 g/mol. The minimum Gasteiger partial charge on any atom is -0.423 e. The van der Waals surface area contributed by atoms with E-state index < -0.39 is 11.2 Å². The number of hydrogen-bond acceptors (Lipinski definition) is 2. The minimum absolute atomic E-state index is 0.0702. The molecule has 0 atom stereocenters. The van der Waals surface area contributed by atoms with E-state index in [2.05, 4.69) is 38.1 Å². The highest BCUT2D eigenvalue weighted by Crippen LogP contribution is 2.59. The van der Waals surface area contributed by atoms with Crippen molar-refractivity contribution in [2.24, 2.45) is 16.7 Å². The van der Waals surface area contributed by atoms with Gasteiger partial charge in [0.1, 0.15) is 0 Å². The SMILES string of the molecule is CCCCCC1CCC(c2ccc(-c3ccc(OC(=O)C45CCC(CCCCC)(CC4)CC5)c(F)c3)cc2)CC1. The van der Waals surface area contributed by atoms with Crippen LogP contribution in [0.1, 0.15) is 141 Å². The molecule has 4 fully saturated rings. The molecule has 0 aromatic heterocycles. The summed E-state index contributed by atoms with van der Waals surface area (Å²) in [5, 5.41) is 0. The van der Waals surface area contributed by atoms with Crippen LogP contribution in [0.3, 0.4) is 0 Å². The van der Waals surface area contributed by atoms with Gasteiger partial charge in [-0.2, -0.15) is 0 Å². The molecule has 4 saturated carbocycles. The molecule has 0 amide bonds. The Labute approximate surface area is 242 Å². The highest BCUT2D eigenvalue weighted by Gasteiger charge is 2.53. The van der Waals surface area contributed by atoms with E-state index in [9.17, 15) is 4.79 Å². The Morgan fingerprint density at radius 3 is 2.05 bits per heavy atom. The van der Waals surface area contributed by atoms with Gasteiger partial charge in [0.05, 0.1) is 5.41 Å². The molecule has 0 saturated heterocycles. The summed E-state index contributed by atoms with van der Waals surface area (Å²) >= 11 is 0. The van der Waals surface area contributed by atoms with Crippen LogP contribution in [0.4, 0.5) is 4.39 Å². The lowest BCUT2D eigenvalue weighted by Crippen LogP contribution is -2.47. The highest BCUT2D eigenvalue weighted by atomic mass is 19.1. The lowest BCUT2D eigenvalue weighted by Gasteiger charge is -2.52. The lowest BCUT2D eigenvalue weighted by atomic mass is 9.52. The summed E-state index contributed by atoms with van der Waals surface area (Å²) < 4.78 is 20.9. The predicted molar refractivity (Wildman–Crippen MR) is 163 cm³/mol. The van der Waals surface area contributed by atoms with Crippen molar-refractivity contribution in [3.8, 4) is 16.9 Å². The van der Waals surface area contributed by atoms with Crippen molar-refractivity contribution in [2.75, 3.05) is 0 Å². The molecule has 2 aromatic carbocycles. The van der Waals surface area contributed by atoms with Crippen LogP contribution in [0.25, 0.3) is 11.1 Å². The summed E-state index contributed by atoms with van der Waals surface area (Å²) in [4.78, 5) is 13.3. The van der Waals surface area contributed by atoms with E-state index in [1.165, 1.54) is 88.7 Å². The first-order valence-corrected chi connectivity index (χ1v) is 16.6. The molecule has 0 aliphatic heterocycles. The van der Waals surface area contributed by atoms with E-state index in [-0.39, 0.29) is 11.7 Å². The molecule has 4 aliphatic carbocycles. The topological polar surface area (TPSA) is 26.3 Å². The third-order valence-electron chi connectivity index (χ3n) is 11.1. The van der Waals surface area contributed by atoms with Gasteiger partial charge in [-0.15, -0.1) is 0 Å². The molecular weight excluding hydrogens is 495 g/mol. The molecule has 4 aliphatic rings. The van der Waals surface area contributed by atoms with Crippen LogP contribution in [-0.2, 0) is 4.79 Å². The van der Waals surface area contributed by atoms with E-state index in [1.54, 1.807) is 6.07 Å². The molecule has 218 valence electrons.